The summed E-state index contributed by atoms with van der Waals surface area (Å²) in [7, 11) is 0.913. The van der Waals surface area contributed by atoms with Crippen LogP contribution in [0.25, 0.3) is 0 Å². The number of hydrogen-bond donors (Lipinski definition) is 0. The lowest BCUT2D eigenvalue weighted by Crippen LogP contribution is -2.27. The Hall–Kier alpha value is -1.38. The van der Waals surface area contributed by atoms with E-state index in [0.717, 1.165) is 25.0 Å². The lowest BCUT2D eigenvalue weighted by atomic mass is 10.1. The van der Waals surface area contributed by atoms with Crippen LogP contribution in [0.2, 0.25) is 5.02 Å². The van der Waals surface area contributed by atoms with E-state index in [9.17, 15) is 23.3 Å². The Morgan fingerprint density at radius 2 is 1.86 bits per heavy atom. The average molecular weight is 353 g/mol. The summed E-state index contributed by atoms with van der Waals surface area (Å²) < 4.78 is 22.9. The molecule has 7 nitrogen and oxygen atoms in total. The van der Waals surface area contributed by atoms with Gasteiger partial charge in [-0.3, -0.25) is 14.9 Å². The Kier molecular flexibility index (Phi) is 4.40. The van der Waals surface area contributed by atoms with Gasteiger partial charge >= 0.3 is 0 Å². The minimum Gasteiger partial charge on any atom is -0.339 e. The van der Waals surface area contributed by atoms with Gasteiger partial charge in [-0.1, -0.05) is 11.6 Å². The fraction of sp³-hybridized carbons (Fsp3) is 0.364. The molecule has 0 atom stereocenters. The molecule has 0 aromatic heterocycles. The minimum atomic E-state index is -4.30. The van der Waals surface area contributed by atoms with Crippen LogP contribution in [0.4, 0.5) is 5.69 Å². The van der Waals surface area contributed by atoms with Crippen molar-refractivity contribution in [1.29, 1.82) is 0 Å². The first-order valence-electron chi connectivity index (χ1n) is 5.93. The van der Waals surface area contributed by atoms with Crippen molar-refractivity contribution in [1.82, 2.24) is 4.90 Å². The van der Waals surface area contributed by atoms with E-state index in [1.54, 1.807) is 0 Å². The largest absolute Gasteiger partial charge is 0.339 e. The number of carbonyl (C=O) groups is 1. The molecule has 21 heavy (non-hydrogen) atoms. The number of likely N-dealkylation sites (tertiary alicyclic amines) is 1. The topological polar surface area (TPSA) is 97.6 Å². The van der Waals surface area contributed by atoms with Crippen LogP contribution in [0.15, 0.2) is 17.0 Å². The highest BCUT2D eigenvalue weighted by molar-refractivity contribution is 8.13. The molecule has 1 aromatic rings. The summed E-state index contributed by atoms with van der Waals surface area (Å²) in [5.74, 6) is -0.478. The number of nitro benzene ring substituents is 1. The molecule has 0 spiro atoms. The van der Waals surface area contributed by atoms with Crippen molar-refractivity contribution in [2.75, 3.05) is 13.1 Å². The molecule has 114 valence electrons. The van der Waals surface area contributed by atoms with Crippen molar-refractivity contribution in [2.24, 2.45) is 0 Å². The molecule has 0 N–H and O–H groups in total. The molecule has 1 amide bonds. The van der Waals surface area contributed by atoms with Gasteiger partial charge in [0.15, 0.2) is 0 Å². The molecule has 1 heterocycles. The first-order valence-corrected chi connectivity index (χ1v) is 8.62. The minimum absolute atomic E-state index is 0.118. The number of carbonyl (C=O) groups excluding carboxylic acids is 1. The van der Waals surface area contributed by atoms with Gasteiger partial charge in [0.2, 0.25) is 0 Å². The maximum atomic E-state index is 12.2. The highest BCUT2D eigenvalue weighted by Gasteiger charge is 2.29. The van der Waals surface area contributed by atoms with Gasteiger partial charge in [-0.05, 0) is 18.9 Å². The van der Waals surface area contributed by atoms with Crippen LogP contribution in [0.3, 0.4) is 0 Å². The monoisotopic (exact) mass is 352 g/mol. The van der Waals surface area contributed by atoms with E-state index >= 15 is 0 Å². The quantitative estimate of drug-likeness (QED) is 0.472. The molecular formula is C11H10Cl2N2O5S. The maximum absolute atomic E-state index is 12.2. The summed E-state index contributed by atoms with van der Waals surface area (Å²) in [4.78, 5) is 23.2. The summed E-state index contributed by atoms with van der Waals surface area (Å²) in [5.41, 5.74) is -0.784. The van der Waals surface area contributed by atoms with E-state index in [-0.39, 0.29) is 5.56 Å². The number of amides is 1. The van der Waals surface area contributed by atoms with Crippen molar-refractivity contribution >= 4 is 42.9 Å². The third kappa shape index (κ3) is 3.28. The van der Waals surface area contributed by atoms with Crippen LogP contribution >= 0.6 is 22.3 Å². The van der Waals surface area contributed by atoms with Gasteiger partial charge in [0.1, 0.15) is 9.92 Å². The van der Waals surface area contributed by atoms with Crippen LogP contribution in [0.1, 0.15) is 23.2 Å². The van der Waals surface area contributed by atoms with E-state index in [2.05, 4.69) is 0 Å². The zero-order valence-electron chi connectivity index (χ0n) is 10.6. The number of rotatable bonds is 3. The highest BCUT2D eigenvalue weighted by Crippen LogP contribution is 2.35. The van der Waals surface area contributed by atoms with Crippen molar-refractivity contribution in [3.8, 4) is 0 Å². The van der Waals surface area contributed by atoms with Gasteiger partial charge in [-0.25, -0.2) is 8.42 Å². The summed E-state index contributed by atoms with van der Waals surface area (Å²) in [6, 6.07) is 1.94. The molecule has 1 aromatic carbocycles. The molecule has 10 heteroatoms. The summed E-state index contributed by atoms with van der Waals surface area (Å²) in [5, 5.41) is 10.4. The first kappa shape index (κ1) is 16.0. The van der Waals surface area contributed by atoms with E-state index < -0.39 is 35.5 Å². The Morgan fingerprint density at radius 3 is 2.33 bits per heavy atom. The lowest BCUT2D eigenvalue weighted by molar-refractivity contribution is -0.384. The number of halogens is 2. The van der Waals surface area contributed by atoms with Crippen LogP contribution < -0.4 is 0 Å². The SMILES string of the molecule is O=C(c1cc([N+](=O)[O-])c(Cl)c(S(=O)(=O)Cl)c1)N1CCCC1. The smallest absolute Gasteiger partial charge is 0.290 e. The Bertz CT molecular complexity index is 714. The normalized spacial score (nSPS) is 15.2. The molecule has 1 fully saturated rings. The second-order valence-corrected chi connectivity index (χ2v) is 7.41. The summed E-state index contributed by atoms with van der Waals surface area (Å²) >= 11 is 5.69. The molecule has 1 saturated heterocycles. The third-order valence-corrected chi connectivity index (χ3v) is 4.97. The second kappa shape index (κ2) is 5.78. The number of nitro groups is 1. The molecule has 0 radical (unpaired) electrons. The molecular weight excluding hydrogens is 343 g/mol. The number of benzene rings is 1. The van der Waals surface area contributed by atoms with E-state index in [1.165, 1.54) is 4.90 Å². The average Bonchev–Trinajstić information content (AvgIpc) is 2.90. The van der Waals surface area contributed by atoms with Gasteiger partial charge in [0, 0.05) is 35.4 Å². The number of hydrogen-bond acceptors (Lipinski definition) is 5. The van der Waals surface area contributed by atoms with E-state index in [4.69, 9.17) is 22.3 Å². The predicted molar refractivity (Wildman–Crippen MR) is 76.3 cm³/mol. The Balaban J connectivity index is 2.59. The fourth-order valence-electron chi connectivity index (χ4n) is 2.12. The molecule has 2 rings (SSSR count). The molecule has 1 aliphatic rings. The van der Waals surface area contributed by atoms with Crippen LogP contribution in [0.5, 0.6) is 0 Å². The van der Waals surface area contributed by atoms with Crippen molar-refractivity contribution < 1.29 is 18.1 Å². The Labute approximate surface area is 130 Å². The molecule has 0 bridgehead atoms. The van der Waals surface area contributed by atoms with Crippen molar-refractivity contribution in [2.45, 2.75) is 17.7 Å². The molecule has 0 saturated carbocycles. The van der Waals surface area contributed by atoms with Gasteiger partial charge in [0.25, 0.3) is 20.6 Å². The molecule has 1 aliphatic heterocycles. The van der Waals surface area contributed by atoms with E-state index in [1.807, 2.05) is 0 Å². The third-order valence-electron chi connectivity index (χ3n) is 3.12. The zero-order chi connectivity index (χ0) is 15.8. The summed E-state index contributed by atoms with van der Waals surface area (Å²) in [6.45, 7) is 1.05. The zero-order valence-corrected chi connectivity index (χ0v) is 12.9. The van der Waals surface area contributed by atoms with Crippen LogP contribution in [-0.2, 0) is 9.05 Å². The Morgan fingerprint density at radius 1 is 1.29 bits per heavy atom. The number of nitrogens with zero attached hydrogens (tertiary/aromatic N) is 2. The standard InChI is InChI=1S/C11H10Cl2N2O5S/c12-10-8(15(17)18)5-7(6-9(10)21(13,19)20)11(16)14-3-1-2-4-14/h5-6H,1-4H2. The van der Waals surface area contributed by atoms with E-state index in [0.29, 0.717) is 13.1 Å². The van der Waals surface area contributed by atoms with Crippen LogP contribution in [0, 0.1) is 10.1 Å². The van der Waals surface area contributed by atoms with Crippen molar-refractivity contribution in [3.63, 3.8) is 0 Å². The first-order chi connectivity index (χ1) is 9.71. The lowest BCUT2D eigenvalue weighted by Gasteiger charge is -2.15. The van der Waals surface area contributed by atoms with Crippen molar-refractivity contribution in [3.05, 3.63) is 32.8 Å². The van der Waals surface area contributed by atoms with Gasteiger partial charge in [-0.2, -0.15) is 0 Å². The maximum Gasteiger partial charge on any atom is 0.290 e. The summed E-state index contributed by atoms with van der Waals surface area (Å²) in [6.07, 6.45) is 1.67. The second-order valence-electron chi connectivity index (χ2n) is 4.50. The predicted octanol–water partition coefficient (Wildman–Crippen LogP) is 2.41. The van der Waals surface area contributed by atoms with Gasteiger partial charge in [-0.15, -0.1) is 0 Å². The highest BCUT2D eigenvalue weighted by atomic mass is 35.7. The molecule has 0 aliphatic carbocycles. The van der Waals surface area contributed by atoms with Crippen LogP contribution in [-0.4, -0.2) is 37.2 Å². The van der Waals surface area contributed by atoms with Gasteiger partial charge in [0.05, 0.1) is 4.92 Å². The fourth-order valence-corrected chi connectivity index (χ4v) is 3.67. The molecule has 0 unspecified atom stereocenters. The van der Waals surface area contributed by atoms with Gasteiger partial charge < -0.3 is 4.90 Å².